The van der Waals surface area contributed by atoms with Crippen LogP contribution < -0.4 is 0 Å². The Bertz CT molecular complexity index is 283. The van der Waals surface area contributed by atoms with Crippen molar-refractivity contribution in [3.05, 3.63) is 21.9 Å². The van der Waals surface area contributed by atoms with Gasteiger partial charge in [0.05, 0.1) is 6.61 Å². The van der Waals surface area contributed by atoms with Gasteiger partial charge in [-0.1, -0.05) is 15.9 Å². The van der Waals surface area contributed by atoms with Gasteiger partial charge in [-0.05, 0) is 30.4 Å². The van der Waals surface area contributed by atoms with Gasteiger partial charge in [-0.25, -0.2) is 4.79 Å². The van der Waals surface area contributed by atoms with Gasteiger partial charge in [0, 0.05) is 5.33 Å². The third-order valence-corrected chi connectivity index (χ3v) is 2.90. The van der Waals surface area contributed by atoms with Crippen LogP contribution in [0.2, 0.25) is 0 Å². The number of ether oxygens (including phenoxy) is 1. The summed E-state index contributed by atoms with van der Waals surface area (Å²) in [6.45, 7) is 2.25. The summed E-state index contributed by atoms with van der Waals surface area (Å²) in [6, 6.07) is 1.97. The first kappa shape index (κ1) is 10.7. The fourth-order valence-electron chi connectivity index (χ4n) is 1.01. The molecule has 1 aromatic rings. The Morgan fingerprint density at radius 2 is 2.46 bits per heavy atom. The molecule has 0 N–H and O–H groups in total. The van der Waals surface area contributed by atoms with Crippen molar-refractivity contribution in [2.24, 2.45) is 0 Å². The standard InChI is InChI=1S/C9H11BrO2S/c1-2-12-9(11)8-7(3-5-10)4-6-13-8/h4,6H,2-3,5H2,1H3. The van der Waals surface area contributed by atoms with E-state index < -0.39 is 0 Å². The maximum Gasteiger partial charge on any atom is 0.348 e. The Hall–Kier alpha value is -0.350. The summed E-state index contributed by atoms with van der Waals surface area (Å²) in [4.78, 5) is 12.1. The molecule has 0 aromatic carbocycles. The first-order chi connectivity index (χ1) is 6.29. The first-order valence-corrected chi connectivity index (χ1v) is 6.09. The number of aryl methyl sites for hydroxylation is 1. The van der Waals surface area contributed by atoms with Crippen molar-refractivity contribution in [2.75, 3.05) is 11.9 Å². The molecule has 4 heteroatoms. The minimum absolute atomic E-state index is 0.201. The molecule has 13 heavy (non-hydrogen) atoms. The van der Waals surface area contributed by atoms with Crippen molar-refractivity contribution in [3.8, 4) is 0 Å². The lowest BCUT2D eigenvalue weighted by molar-refractivity contribution is 0.0531. The number of thiophene rings is 1. The van der Waals surface area contributed by atoms with E-state index in [0.29, 0.717) is 6.61 Å². The molecule has 1 aromatic heterocycles. The van der Waals surface area contributed by atoms with Crippen molar-refractivity contribution >= 4 is 33.2 Å². The molecular weight excluding hydrogens is 252 g/mol. The summed E-state index contributed by atoms with van der Waals surface area (Å²) in [6.07, 6.45) is 0.873. The van der Waals surface area contributed by atoms with Gasteiger partial charge in [-0.2, -0.15) is 0 Å². The van der Waals surface area contributed by atoms with E-state index in [1.54, 1.807) is 0 Å². The second-order valence-corrected chi connectivity index (χ2v) is 4.14. The highest BCUT2D eigenvalue weighted by Gasteiger charge is 2.12. The number of esters is 1. The molecular formula is C9H11BrO2S. The highest BCUT2D eigenvalue weighted by Crippen LogP contribution is 2.19. The molecule has 0 atom stereocenters. The fraction of sp³-hybridized carbons (Fsp3) is 0.444. The van der Waals surface area contributed by atoms with Crippen LogP contribution in [-0.4, -0.2) is 17.9 Å². The van der Waals surface area contributed by atoms with Gasteiger partial charge in [0.1, 0.15) is 4.88 Å². The third-order valence-electron chi connectivity index (χ3n) is 1.57. The van der Waals surface area contributed by atoms with Crippen molar-refractivity contribution in [1.29, 1.82) is 0 Å². The highest BCUT2D eigenvalue weighted by molar-refractivity contribution is 9.09. The minimum Gasteiger partial charge on any atom is -0.462 e. The summed E-state index contributed by atoms with van der Waals surface area (Å²) >= 11 is 4.79. The van der Waals surface area contributed by atoms with Crippen LogP contribution in [0.4, 0.5) is 0 Å². The van der Waals surface area contributed by atoms with Gasteiger partial charge < -0.3 is 4.74 Å². The molecule has 0 spiro atoms. The second kappa shape index (κ2) is 5.40. The van der Waals surface area contributed by atoms with E-state index >= 15 is 0 Å². The summed E-state index contributed by atoms with van der Waals surface area (Å²) in [5.74, 6) is -0.201. The Balaban J connectivity index is 2.74. The number of alkyl halides is 1. The summed E-state index contributed by atoms with van der Waals surface area (Å²) in [5, 5.41) is 2.79. The molecule has 1 rings (SSSR count). The van der Waals surface area contributed by atoms with E-state index in [1.165, 1.54) is 11.3 Å². The molecule has 2 nitrogen and oxygen atoms in total. The molecule has 0 aliphatic heterocycles. The molecule has 0 aliphatic rings. The van der Waals surface area contributed by atoms with E-state index in [2.05, 4.69) is 15.9 Å². The van der Waals surface area contributed by atoms with Gasteiger partial charge in [-0.3, -0.25) is 0 Å². The predicted octanol–water partition coefficient (Wildman–Crippen LogP) is 2.86. The van der Waals surface area contributed by atoms with Gasteiger partial charge >= 0.3 is 5.97 Å². The van der Waals surface area contributed by atoms with Crippen LogP contribution in [0.1, 0.15) is 22.2 Å². The fourth-order valence-corrected chi connectivity index (χ4v) is 2.28. The Morgan fingerprint density at radius 3 is 3.08 bits per heavy atom. The number of carbonyl (C=O) groups is 1. The number of hydrogen-bond donors (Lipinski definition) is 0. The van der Waals surface area contributed by atoms with Crippen molar-refractivity contribution in [3.63, 3.8) is 0 Å². The smallest absolute Gasteiger partial charge is 0.348 e. The van der Waals surface area contributed by atoms with Crippen LogP contribution in [0, 0.1) is 0 Å². The lowest BCUT2D eigenvalue weighted by atomic mass is 10.2. The number of carbonyl (C=O) groups excluding carboxylic acids is 1. The maximum absolute atomic E-state index is 11.4. The lowest BCUT2D eigenvalue weighted by Crippen LogP contribution is -2.05. The first-order valence-electron chi connectivity index (χ1n) is 4.09. The van der Waals surface area contributed by atoms with E-state index in [0.717, 1.165) is 22.2 Å². The van der Waals surface area contributed by atoms with Crippen LogP contribution in [-0.2, 0) is 11.2 Å². The maximum atomic E-state index is 11.4. The van der Waals surface area contributed by atoms with Gasteiger partial charge in [0.2, 0.25) is 0 Å². The van der Waals surface area contributed by atoms with E-state index in [1.807, 2.05) is 18.4 Å². The second-order valence-electron chi connectivity index (χ2n) is 2.43. The lowest BCUT2D eigenvalue weighted by Gasteiger charge is -2.01. The Labute approximate surface area is 90.0 Å². The third kappa shape index (κ3) is 2.81. The molecule has 0 fully saturated rings. The van der Waals surface area contributed by atoms with E-state index in [9.17, 15) is 4.79 Å². The normalized spacial score (nSPS) is 10.0. The van der Waals surface area contributed by atoms with Crippen LogP contribution in [0.25, 0.3) is 0 Å². The predicted molar refractivity (Wildman–Crippen MR) is 57.8 cm³/mol. The number of hydrogen-bond acceptors (Lipinski definition) is 3. The zero-order chi connectivity index (χ0) is 9.68. The molecule has 0 saturated heterocycles. The summed E-state index contributed by atoms with van der Waals surface area (Å²) < 4.78 is 4.93. The molecule has 0 aliphatic carbocycles. The molecule has 1 heterocycles. The van der Waals surface area contributed by atoms with Crippen LogP contribution in [0.3, 0.4) is 0 Å². The SMILES string of the molecule is CCOC(=O)c1sccc1CCBr. The molecule has 72 valence electrons. The molecule has 0 unspecified atom stereocenters. The summed E-state index contributed by atoms with van der Waals surface area (Å²) in [5.41, 5.74) is 1.07. The molecule has 0 bridgehead atoms. The van der Waals surface area contributed by atoms with Crippen LogP contribution in [0.5, 0.6) is 0 Å². The van der Waals surface area contributed by atoms with Gasteiger partial charge in [0.15, 0.2) is 0 Å². The van der Waals surface area contributed by atoms with Gasteiger partial charge in [0.25, 0.3) is 0 Å². The van der Waals surface area contributed by atoms with E-state index in [4.69, 9.17) is 4.74 Å². The van der Waals surface area contributed by atoms with Crippen LogP contribution >= 0.6 is 27.3 Å². The van der Waals surface area contributed by atoms with Crippen molar-refractivity contribution in [2.45, 2.75) is 13.3 Å². The number of halogens is 1. The summed E-state index contributed by atoms with van der Waals surface area (Å²) in [7, 11) is 0. The monoisotopic (exact) mass is 262 g/mol. The Kier molecular flexibility index (Phi) is 4.45. The zero-order valence-corrected chi connectivity index (χ0v) is 9.78. The van der Waals surface area contributed by atoms with Crippen molar-refractivity contribution < 1.29 is 9.53 Å². The average molecular weight is 263 g/mol. The largest absolute Gasteiger partial charge is 0.462 e. The Morgan fingerprint density at radius 1 is 1.69 bits per heavy atom. The van der Waals surface area contributed by atoms with Crippen LogP contribution in [0.15, 0.2) is 11.4 Å². The van der Waals surface area contributed by atoms with Crippen molar-refractivity contribution in [1.82, 2.24) is 0 Å². The molecule has 0 amide bonds. The molecule has 0 radical (unpaired) electrons. The average Bonchev–Trinajstić information content (AvgIpc) is 2.54. The quantitative estimate of drug-likeness (QED) is 0.616. The van der Waals surface area contributed by atoms with Gasteiger partial charge in [-0.15, -0.1) is 11.3 Å². The number of rotatable bonds is 4. The highest BCUT2D eigenvalue weighted by atomic mass is 79.9. The van der Waals surface area contributed by atoms with E-state index in [-0.39, 0.29) is 5.97 Å². The topological polar surface area (TPSA) is 26.3 Å². The zero-order valence-electron chi connectivity index (χ0n) is 7.38. The molecule has 0 saturated carbocycles. The minimum atomic E-state index is -0.201.